The van der Waals surface area contributed by atoms with Gasteiger partial charge in [0.15, 0.2) is 5.84 Å². The number of carbonyl (C=O) groups is 1. The first-order valence-corrected chi connectivity index (χ1v) is 10.8. The van der Waals surface area contributed by atoms with E-state index in [2.05, 4.69) is 9.12 Å². The highest BCUT2D eigenvalue weighted by Crippen LogP contribution is 2.32. The van der Waals surface area contributed by atoms with Crippen LogP contribution >= 0.6 is 0 Å². The van der Waals surface area contributed by atoms with Crippen molar-refractivity contribution in [1.82, 2.24) is 4.90 Å². The van der Waals surface area contributed by atoms with E-state index in [1.807, 2.05) is 4.90 Å². The molecule has 1 amide bonds. The van der Waals surface area contributed by atoms with E-state index in [0.717, 1.165) is 38.6 Å². The molecule has 27 heavy (non-hydrogen) atoms. The van der Waals surface area contributed by atoms with E-state index in [1.165, 1.54) is 0 Å². The number of ether oxygens (including phenoxy) is 1. The number of carbonyl (C=O) groups excluding carboxylic acids is 1. The molecule has 0 bridgehead atoms. The summed E-state index contributed by atoms with van der Waals surface area (Å²) in [6.07, 6.45) is 5.16. The molecule has 1 unspecified atom stereocenters. The van der Waals surface area contributed by atoms with E-state index in [0.29, 0.717) is 30.2 Å². The first-order valence-electron chi connectivity index (χ1n) is 9.36. The van der Waals surface area contributed by atoms with Crippen LogP contribution in [0.4, 0.5) is 5.69 Å². The van der Waals surface area contributed by atoms with Gasteiger partial charge >= 0.3 is 10.2 Å². The van der Waals surface area contributed by atoms with Crippen LogP contribution in [0, 0.1) is 11.8 Å². The highest BCUT2D eigenvalue weighted by molar-refractivity contribution is 7.91. The number of fused-ring (bicyclic) bond motifs is 1. The monoisotopic (exact) mass is 392 g/mol. The Morgan fingerprint density at radius 2 is 2.11 bits per heavy atom. The summed E-state index contributed by atoms with van der Waals surface area (Å²) in [6.45, 7) is 1.99. The van der Waals surface area contributed by atoms with Crippen LogP contribution in [-0.2, 0) is 15.0 Å². The number of benzene rings is 1. The number of likely N-dealkylation sites (tertiary alicyclic amines) is 1. The summed E-state index contributed by atoms with van der Waals surface area (Å²) in [5.74, 6) is 1.17. The first kappa shape index (κ1) is 18.1. The van der Waals surface area contributed by atoms with Crippen molar-refractivity contribution in [3.05, 3.63) is 23.8 Å². The molecular formula is C18H24N4O4S. The molecule has 0 radical (unpaired) electrons. The van der Waals surface area contributed by atoms with Gasteiger partial charge in [0.05, 0.1) is 17.9 Å². The van der Waals surface area contributed by atoms with Crippen molar-refractivity contribution in [1.29, 1.82) is 0 Å². The zero-order chi connectivity index (χ0) is 19.0. The van der Waals surface area contributed by atoms with E-state index in [4.69, 9.17) is 10.5 Å². The average Bonchev–Trinajstić information content (AvgIpc) is 2.57. The van der Waals surface area contributed by atoms with Crippen molar-refractivity contribution < 1.29 is 17.9 Å². The Morgan fingerprint density at radius 1 is 1.30 bits per heavy atom. The minimum Gasteiger partial charge on any atom is -0.492 e. The average molecular weight is 392 g/mol. The maximum atomic E-state index is 12.5. The highest BCUT2D eigenvalue weighted by Gasteiger charge is 2.32. The largest absolute Gasteiger partial charge is 0.492 e. The van der Waals surface area contributed by atoms with Crippen LogP contribution < -0.4 is 15.2 Å². The van der Waals surface area contributed by atoms with Crippen LogP contribution in [0.1, 0.15) is 37.7 Å². The zero-order valence-corrected chi connectivity index (χ0v) is 15.9. The number of nitrogens with zero attached hydrogens (tertiary/aromatic N) is 2. The Bertz CT molecular complexity index is 879. The lowest BCUT2D eigenvalue weighted by Gasteiger charge is -2.37. The molecule has 4 rings (SSSR count). The summed E-state index contributed by atoms with van der Waals surface area (Å²) in [7, 11) is -3.81. The summed E-state index contributed by atoms with van der Waals surface area (Å²) in [4.78, 5) is 14.5. The van der Waals surface area contributed by atoms with E-state index in [9.17, 15) is 13.2 Å². The second-order valence-corrected chi connectivity index (χ2v) is 8.80. The molecule has 0 aromatic heterocycles. The molecule has 3 aliphatic rings. The molecule has 3 N–H and O–H groups in total. The Balaban J connectivity index is 1.43. The molecule has 1 saturated carbocycles. The SMILES string of the molecule is NC1=NS(=O)(=O)Nc2cccc(OCC3CCCN(C(=O)C4CCC4)C3)c21. The van der Waals surface area contributed by atoms with Crippen LogP contribution in [0.3, 0.4) is 0 Å². The molecule has 2 heterocycles. The molecule has 8 nitrogen and oxygen atoms in total. The van der Waals surface area contributed by atoms with Crippen LogP contribution in [0.2, 0.25) is 0 Å². The normalized spacial score (nSPS) is 24.2. The van der Waals surface area contributed by atoms with E-state index < -0.39 is 10.2 Å². The van der Waals surface area contributed by atoms with Crippen LogP contribution in [-0.4, -0.2) is 44.8 Å². The number of amides is 1. The minimum atomic E-state index is -3.81. The molecule has 9 heteroatoms. The van der Waals surface area contributed by atoms with Gasteiger partial charge in [-0.2, -0.15) is 8.42 Å². The molecule has 2 aliphatic heterocycles. The summed E-state index contributed by atoms with van der Waals surface area (Å²) in [5, 5.41) is 0. The van der Waals surface area contributed by atoms with Crippen LogP contribution in [0.25, 0.3) is 0 Å². The molecule has 1 saturated heterocycles. The molecule has 146 valence electrons. The highest BCUT2D eigenvalue weighted by atomic mass is 32.2. The Kier molecular flexibility index (Phi) is 4.71. The van der Waals surface area contributed by atoms with Crippen molar-refractivity contribution in [2.45, 2.75) is 32.1 Å². The number of amidine groups is 1. The second kappa shape index (κ2) is 7.03. The van der Waals surface area contributed by atoms with Crippen molar-refractivity contribution in [2.75, 3.05) is 24.4 Å². The minimum absolute atomic E-state index is 0.0789. The second-order valence-electron chi connectivity index (χ2n) is 7.46. The number of anilines is 1. The summed E-state index contributed by atoms with van der Waals surface area (Å²) in [5.41, 5.74) is 6.68. The van der Waals surface area contributed by atoms with Gasteiger partial charge in [0.25, 0.3) is 0 Å². The predicted molar refractivity (Wildman–Crippen MR) is 102 cm³/mol. The quantitative estimate of drug-likeness (QED) is 0.806. The van der Waals surface area contributed by atoms with Gasteiger partial charge in [0, 0.05) is 24.9 Å². The lowest BCUT2D eigenvalue weighted by Crippen LogP contribution is -2.45. The predicted octanol–water partition coefficient (Wildman–Crippen LogP) is 1.48. The molecular weight excluding hydrogens is 368 g/mol. The fourth-order valence-corrected chi connectivity index (χ4v) is 4.70. The fraction of sp³-hybridized carbons (Fsp3) is 0.556. The fourth-order valence-electron chi connectivity index (χ4n) is 3.86. The first-order chi connectivity index (χ1) is 12.9. The zero-order valence-electron chi connectivity index (χ0n) is 15.1. The standard InChI is InChI=1S/C18H24N4O4S/c19-17-16-14(20-27(24,25)21-17)7-2-8-15(16)26-11-12-4-3-9-22(10-12)18(23)13-5-1-6-13/h2,7-8,12-13,20H,1,3-6,9-11H2,(H2,19,21). The Hall–Kier alpha value is -2.29. The number of hydrogen-bond donors (Lipinski definition) is 2. The number of hydrogen-bond acceptors (Lipinski definition) is 5. The maximum Gasteiger partial charge on any atom is 0.344 e. The molecule has 2 fully saturated rings. The smallest absolute Gasteiger partial charge is 0.344 e. The van der Waals surface area contributed by atoms with Crippen molar-refractivity contribution in [2.24, 2.45) is 22.0 Å². The van der Waals surface area contributed by atoms with Gasteiger partial charge in [0.1, 0.15) is 5.75 Å². The third-order valence-corrected chi connectivity index (χ3v) is 6.41. The van der Waals surface area contributed by atoms with Gasteiger partial charge in [-0.1, -0.05) is 12.5 Å². The van der Waals surface area contributed by atoms with Gasteiger partial charge in [0.2, 0.25) is 5.91 Å². The Morgan fingerprint density at radius 3 is 2.85 bits per heavy atom. The summed E-state index contributed by atoms with van der Waals surface area (Å²) in [6, 6.07) is 5.09. The van der Waals surface area contributed by atoms with E-state index in [1.54, 1.807) is 18.2 Å². The van der Waals surface area contributed by atoms with Gasteiger partial charge in [-0.15, -0.1) is 4.40 Å². The van der Waals surface area contributed by atoms with Crippen molar-refractivity contribution >= 4 is 27.6 Å². The van der Waals surface area contributed by atoms with Crippen molar-refractivity contribution in [3.63, 3.8) is 0 Å². The molecule has 1 aliphatic carbocycles. The third-order valence-electron chi connectivity index (χ3n) is 5.50. The topological polar surface area (TPSA) is 114 Å². The van der Waals surface area contributed by atoms with Gasteiger partial charge in [-0.3, -0.25) is 9.52 Å². The summed E-state index contributed by atoms with van der Waals surface area (Å²) < 4.78 is 35.2. The lowest BCUT2D eigenvalue weighted by molar-refractivity contribution is -0.140. The van der Waals surface area contributed by atoms with Crippen molar-refractivity contribution in [3.8, 4) is 5.75 Å². The molecule has 1 atom stereocenters. The van der Waals surface area contributed by atoms with Gasteiger partial charge in [-0.05, 0) is 37.8 Å². The number of rotatable bonds is 4. The van der Waals surface area contributed by atoms with E-state index in [-0.39, 0.29) is 23.6 Å². The van der Waals surface area contributed by atoms with E-state index >= 15 is 0 Å². The summed E-state index contributed by atoms with van der Waals surface area (Å²) >= 11 is 0. The van der Waals surface area contributed by atoms with Gasteiger partial charge in [-0.25, -0.2) is 0 Å². The number of piperidine rings is 1. The third kappa shape index (κ3) is 3.73. The molecule has 0 spiro atoms. The molecule has 1 aromatic carbocycles. The number of nitrogens with one attached hydrogen (secondary N) is 1. The maximum absolute atomic E-state index is 12.5. The van der Waals surface area contributed by atoms with Crippen LogP contribution in [0.5, 0.6) is 5.75 Å². The molecule has 1 aromatic rings. The Labute approximate surface area is 159 Å². The van der Waals surface area contributed by atoms with Crippen LogP contribution in [0.15, 0.2) is 22.6 Å². The number of nitrogens with two attached hydrogens (primary N) is 1. The van der Waals surface area contributed by atoms with Gasteiger partial charge < -0.3 is 15.4 Å². The lowest BCUT2D eigenvalue weighted by atomic mass is 9.83.